The van der Waals surface area contributed by atoms with Gasteiger partial charge in [0.15, 0.2) is 0 Å². The summed E-state index contributed by atoms with van der Waals surface area (Å²) >= 11 is 0. The third-order valence-corrected chi connectivity index (χ3v) is 3.93. The highest BCUT2D eigenvalue weighted by Gasteiger charge is 2.34. The molecule has 1 atom stereocenters. The van der Waals surface area contributed by atoms with Crippen LogP contribution in [0.2, 0.25) is 0 Å². The molecule has 1 saturated heterocycles. The summed E-state index contributed by atoms with van der Waals surface area (Å²) in [4.78, 5) is 13.7. The quantitative estimate of drug-likeness (QED) is 0.790. The number of amidine groups is 1. The average molecular weight is 321 g/mol. The summed E-state index contributed by atoms with van der Waals surface area (Å²) in [7, 11) is 0. The van der Waals surface area contributed by atoms with Gasteiger partial charge in [-0.3, -0.25) is 10.3 Å². The van der Waals surface area contributed by atoms with E-state index in [1.807, 2.05) is 31.2 Å². The molecule has 1 aliphatic heterocycles. The van der Waals surface area contributed by atoms with Crippen molar-refractivity contribution in [2.75, 3.05) is 6.54 Å². The molecule has 1 aromatic carbocycles. The lowest BCUT2D eigenvalue weighted by atomic mass is 10.0. The van der Waals surface area contributed by atoms with Crippen molar-refractivity contribution in [3.05, 3.63) is 47.5 Å². The van der Waals surface area contributed by atoms with Crippen molar-refractivity contribution in [1.29, 1.82) is 5.41 Å². The lowest BCUT2D eigenvalue weighted by molar-refractivity contribution is 0.184. The minimum Gasteiger partial charge on any atom is -0.337 e. The SMILES string of the molecule is C=C(CCNC(=O)N1C(=N)CCC1c1cccc(C)c1)C(F)F. The van der Waals surface area contributed by atoms with Crippen molar-refractivity contribution in [1.82, 2.24) is 10.2 Å². The number of urea groups is 1. The Bertz CT molecular complexity index is 616. The van der Waals surface area contributed by atoms with E-state index in [1.165, 1.54) is 4.90 Å². The molecule has 1 unspecified atom stereocenters. The number of carbonyl (C=O) groups excluding carboxylic acids is 1. The Kier molecular flexibility index (Phi) is 5.47. The number of carbonyl (C=O) groups is 1. The Hall–Kier alpha value is -2.24. The number of hydrogen-bond acceptors (Lipinski definition) is 2. The molecular weight excluding hydrogens is 300 g/mol. The molecule has 1 fully saturated rings. The van der Waals surface area contributed by atoms with Crippen LogP contribution >= 0.6 is 0 Å². The van der Waals surface area contributed by atoms with E-state index in [4.69, 9.17) is 5.41 Å². The first kappa shape index (κ1) is 17.1. The van der Waals surface area contributed by atoms with Crippen molar-refractivity contribution in [3.63, 3.8) is 0 Å². The van der Waals surface area contributed by atoms with E-state index in [0.717, 1.165) is 11.1 Å². The summed E-state index contributed by atoms with van der Waals surface area (Å²) in [5.41, 5.74) is 1.88. The van der Waals surface area contributed by atoms with Crippen LogP contribution in [0.5, 0.6) is 0 Å². The van der Waals surface area contributed by atoms with Gasteiger partial charge in [-0.05, 0) is 30.9 Å². The van der Waals surface area contributed by atoms with Gasteiger partial charge in [0.2, 0.25) is 0 Å². The predicted octanol–water partition coefficient (Wildman–Crippen LogP) is 4.03. The summed E-state index contributed by atoms with van der Waals surface area (Å²) in [6.45, 7) is 5.34. The fourth-order valence-electron chi connectivity index (χ4n) is 2.69. The van der Waals surface area contributed by atoms with Gasteiger partial charge in [-0.25, -0.2) is 13.6 Å². The normalized spacial score (nSPS) is 17.7. The fraction of sp³-hybridized carbons (Fsp3) is 0.412. The number of alkyl halides is 2. The highest BCUT2D eigenvalue weighted by Crippen LogP contribution is 2.33. The summed E-state index contributed by atoms with van der Waals surface area (Å²) in [5.74, 6) is 0.252. The van der Waals surface area contributed by atoms with Crippen molar-refractivity contribution in [2.45, 2.75) is 38.7 Å². The number of amides is 2. The van der Waals surface area contributed by atoms with Crippen molar-refractivity contribution in [3.8, 4) is 0 Å². The fourth-order valence-corrected chi connectivity index (χ4v) is 2.69. The number of halogens is 2. The number of rotatable bonds is 5. The van der Waals surface area contributed by atoms with Crippen LogP contribution in [0.4, 0.5) is 13.6 Å². The number of nitrogens with zero attached hydrogens (tertiary/aromatic N) is 1. The van der Waals surface area contributed by atoms with Crippen molar-refractivity contribution >= 4 is 11.9 Å². The van der Waals surface area contributed by atoms with E-state index < -0.39 is 12.5 Å². The molecule has 2 rings (SSSR count). The molecule has 0 bridgehead atoms. The molecule has 23 heavy (non-hydrogen) atoms. The Labute approximate surface area is 134 Å². The molecule has 124 valence electrons. The summed E-state index contributed by atoms with van der Waals surface area (Å²) in [5, 5.41) is 10.6. The summed E-state index contributed by atoms with van der Waals surface area (Å²) in [6, 6.07) is 7.25. The lowest BCUT2D eigenvalue weighted by Crippen LogP contribution is -2.42. The second-order valence-electron chi connectivity index (χ2n) is 5.73. The second kappa shape index (κ2) is 7.35. The zero-order valence-electron chi connectivity index (χ0n) is 13.1. The van der Waals surface area contributed by atoms with Crippen LogP contribution in [-0.4, -0.2) is 29.7 Å². The maximum absolute atomic E-state index is 12.4. The third kappa shape index (κ3) is 4.15. The van der Waals surface area contributed by atoms with Gasteiger partial charge in [0, 0.05) is 13.0 Å². The Morgan fingerprint density at radius 3 is 2.91 bits per heavy atom. The molecular formula is C17H21F2N3O. The topological polar surface area (TPSA) is 56.2 Å². The highest BCUT2D eigenvalue weighted by molar-refractivity contribution is 5.98. The standard InChI is InChI=1S/C17H21F2N3O/c1-11-4-3-5-13(10-11)14-6-7-15(20)22(14)17(23)21-9-8-12(2)16(18)19/h3-5,10,14,16,20H,2,6-9H2,1H3,(H,21,23). The first-order valence-corrected chi connectivity index (χ1v) is 7.57. The van der Waals surface area contributed by atoms with Crippen LogP contribution in [0.1, 0.15) is 36.4 Å². The molecule has 1 aromatic rings. The van der Waals surface area contributed by atoms with Gasteiger partial charge in [-0.1, -0.05) is 36.4 Å². The second-order valence-corrected chi connectivity index (χ2v) is 5.73. The van der Waals surface area contributed by atoms with Gasteiger partial charge >= 0.3 is 6.03 Å². The van der Waals surface area contributed by atoms with Gasteiger partial charge in [-0.15, -0.1) is 0 Å². The zero-order valence-corrected chi connectivity index (χ0v) is 13.1. The molecule has 0 radical (unpaired) electrons. The molecule has 2 amide bonds. The highest BCUT2D eigenvalue weighted by atomic mass is 19.3. The van der Waals surface area contributed by atoms with Crippen LogP contribution in [0.3, 0.4) is 0 Å². The smallest absolute Gasteiger partial charge is 0.323 e. The molecule has 0 spiro atoms. The molecule has 4 nitrogen and oxygen atoms in total. The molecule has 0 saturated carbocycles. The van der Waals surface area contributed by atoms with Gasteiger partial charge in [0.25, 0.3) is 6.43 Å². The molecule has 0 aliphatic carbocycles. The van der Waals surface area contributed by atoms with Crippen molar-refractivity contribution < 1.29 is 13.6 Å². The number of likely N-dealkylation sites (tertiary alicyclic amines) is 1. The van der Waals surface area contributed by atoms with E-state index in [1.54, 1.807) is 0 Å². The minimum atomic E-state index is -2.57. The van der Waals surface area contributed by atoms with Crippen LogP contribution < -0.4 is 5.32 Å². The van der Waals surface area contributed by atoms with Gasteiger partial charge in [0.1, 0.15) is 5.84 Å². The molecule has 0 aromatic heterocycles. The summed E-state index contributed by atoms with van der Waals surface area (Å²) in [6.07, 6.45) is -1.33. The van der Waals surface area contributed by atoms with Gasteiger partial charge in [-0.2, -0.15) is 0 Å². The lowest BCUT2D eigenvalue weighted by Gasteiger charge is -2.25. The number of benzene rings is 1. The van der Waals surface area contributed by atoms with E-state index >= 15 is 0 Å². The van der Waals surface area contributed by atoms with E-state index in [-0.39, 0.29) is 30.4 Å². The monoisotopic (exact) mass is 321 g/mol. The Morgan fingerprint density at radius 2 is 2.26 bits per heavy atom. The molecule has 1 heterocycles. The summed E-state index contributed by atoms with van der Waals surface area (Å²) < 4.78 is 24.8. The third-order valence-electron chi connectivity index (χ3n) is 3.93. The molecule has 1 aliphatic rings. The molecule has 6 heteroatoms. The largest absolute Gasteiger partial charge is 0.337 e. The minimum absolute atomic E-state index is 0.0275. The number of nitrogens with one attached hydrogen (secondary N) is 2. The van der Waals surface area contributed by atoms with Gasteiger partial charge in [0.05, 0.1) is 6.04 Å². The Balaban J connectivity index is 2.02. The van der Waals surface area contributed by atoms with Crippen LogP contribution in [0, 0.1) is 12.3 Å². The maximum Gasteiger partial charge on any atom is 0.323 e. The van der Waals surface area contributed by atoms with Gasteiger partial charge < -0.3 is 5.32 Å². The number of aryl methyl sites for hydroxylation is 1. The molecule has 2 N–H and O–H groups in total. The van der Waals surface area contributed by atoms with E-state index in [9.17, 15) is 13.6 Å². The van der Waals surface area contributed by atoms with Crippen molar-refractivity contribution in [2.24, 2.45) is 0 Å². The van der Waals surface area contributed by atoms with Crippen LogP contribution in [0.15, 0.2) is 36.4 Å². The first-order chi connectivity index (χ1) is 10.9. The average Bonchev–Trinajstić information content (AvgIpc) is 2.88. The van der Waals surface area contributed by atoms with E-state index in [0.29, 0.717) is 12.8 Å². The van der Waals surface area contributed by atoms with Crippen LogP contribution in [0.25, 0.3) is 0 Å². The van der Waals surface area contributed by atoms with Crippen LogP contribution in [-0.2, 0) is 0 Å². The first-order valence-electron chi connectivity index (χ1n) is 7.57. The zero-order chi connectivity index (χ0) is 17.0. The number of hydrogen-bond donors (Lipinski definition) is 2. The Morgan fingerprint density at radius 1 is 1.52 bits per heavy atom. The maximum atomic E-state index is 12.4. The predicted molar refractivity (Wildman–Crippen MR) is 85.9 cm³/mol. The van der Waals surface area contributed by atoms with E-state index in [2.05, 4.69) is 11.9 Å².